The first kappa shape index (κ1) is 17.8. The van der Waals surface area contributed by atoms with E-state index in [1.54, 1.807) is 30.5 Å². The predicted octanol–water partition coefficient (Wildman–Crippen LogP) is 2.50. The smallest absolute Gasteiger partial charge is 0.258 e. The molecule has 134 valence electrons. The van der Waals surface area contributed by atoms with E-state index in [9.17, 15) is 4.79 Å². The molecule has 2 heterocycles. The number of furan rings is 1. The molecule has 1 fully saturated rings. The molecule has 2 aromatic rings. The number of benzene rings is 1. The topological polar surface area (TPSA) is 63.9 Å². The first-order valence-corrected chi connectivity index (χ1v) is 8.60. The van der Waals surface area contributed by atoms with Gasteiger partial charge in [-0.25, -0.2) is 0 Å². The molecule has 1 saturated heterocycles. The third-order valence-corrected chi connectivity index (χ3v) is 4.29. The fourth-order valence-electron chi connectivity index (χ4n) is 2.72. The number of morpholine rings is 1. The molecule has 0 aliphatic carbocycles. The van der Waals surface area contributed by atoms with Crippen LogP contribution in [-0.4, -0.2) is 50.3 Å². The van der Waals surface area contributed by atoms with E-state index in [1.165, 1.54) is 0 Å². The summed E-state index contributed by atoms with van der Waals surface area (Å²) in [6.07, 6.45) is 1.65. The fourth-order valence-corrected chi connectivity index (χ4v) is 2.85. The Kier molecular flexibility index (Phi) is 6.33. The number of hydrogen-bond donors (Lipinski definition) is 1. The third kappa shape index (κ3) is 5.22. The minimum absolute atomic E-state index is 0.0154. The number of rotatable bonds is 7. The van der Waals surface area contributed by atoms with Gasteiger partial charge in [0.25, 0.3) is 5.91 Å². The highest BCUT2D eigenvalue weighted by Crippen LogP contribution is 2.21. The maximum atomic E-state index is 12.1. The number of halogens is 1. The van der Waals surface area contributed by atoms with E-state index in [-0.39, 0.29) is 18.6 Å². The molecule has 0 unspecified atom stereocenters. The Morgan fingerprint density at radius 1 is 1.24 bits per heavy atom. The van der Waals surface area contributed by atoms with Gasteiger partial charge in [0.15, 0.2) is 6.61 Å². The number of amides is 1. The predicted molar refractivity (Wildman–Crippen MR) is 93.8 cm³/mol. The molecule has 7 heteroatoms. The first-order valence-electron chi connectivity index (χ1n) is 8.22. The van der Waals surface area contributed by atoms with Crippen molar-refractivity contribution >= 4 is 17.5 Å². The second kappa shape index (κ2) is 8.89. The van der Waals surface area contributed by atoms with Crippen LogP contribution in [0, 0.1) is 0 Å². The molecule has 3 rings (SSSR count). The fraction of sp³-hybridized carbons (Fsp3) is 0.389. The van der Waals surface area contributed by atoms with Crippen LogP contribution in [0.3, 0.4) is 0 Å². The van der Waals surface area contributed by atoms with Gasteiger partial charge >= 0.3 is 0 Å². The Labute approximate surface area is 151 Å². The van der Waals surface area contributed by atoms with Gasteiger partial charge in [0, 0.05) is 24.7 Å². The van der Waals surface area contributed by atoms with Crippen LogP contribution in [0.1, 0.15) is 11.8 Å². The van der Waals surface area contributed by atoms with E-state index < -0.39 is 0 Å². The van der Waals surface area contributed by atoms with Gasteiger partial charge in [-0.3, -0.25) is 9.69 Å². The second-order valence-corrected chi connectivity index (χ2v) is 6.16. The molecule has 6 nitrogen and oxygen atoms in total. The zero-order chi connectivity index (χ0) is 17.5. The number of nitrogens with one attached hydrogen (secondary N) is 1. The van der Waals surface area contributed by atoms with Gasteiger partial charge in [-0.1, -0.05) is 11.6 Å². The second-order valence-electron chi connectivity index (χ2n) is 5.73. The lowest BCUT2D eigenvalue weighted by Gasteiger charge is -2.33. The van der Waals surface area contributed by atoms with Crippen molar-refractivity contribution in [1.29, 1.82) is 0 Å². The molecule has 1 aromatic carbocycles. The van der Waals surface area contributed by atoms with Crippen molar-refractivity contribution in [2.75, 3.05) is 39.5 Å². The minimum Gasteiger partial charge on any atom is -0.484 e. The normalized spacial score (nSPS) is 16.4. The number of ether oxygens (including phenoxy) is 2. The summed E-state index contributed by atoms with van der Waals surface area (Å²) in [5, 5.41) is 3.55. The zero-order valence-electron chi connectivity index (χ0n) is 13.8. The maximum Gasteiger partial charge on any atom is 0.258 e. The largest absolute Gasteiger partial charge is 0.484 e. The molecule has 1 aromatic heterocycles. The number of carbonyl (C=O) groups is 1. The lowest BCUT2D eigenvalue weighted by Crippen LogP contribution is -2.44. The van der Waals surface area contributed by atoms with Crippen molar-refractivity contribution in [3.63, 3.8) is 0 Å². The van der Waals surface area contributed by atoms with Crippen LogP contribution in [0.2, 0.25) is 5.02 Å². The Hall–Kier alpha value is -2.02. The van der Waals surface area contributed by atoms with Crippen LogP contribution < -0.4 is 10.1 Å². The lowest BCUT2D eigenvalue weighted by molar-refractivity contribution is -0.123. The molecule has 1 aliphatic heterocycles. The van der Waals surface area contributed by atoms with Crippen molar-refractivity contribution in [3.05, 3.63) is 53.4 Å². The van der Waals surface area contributed by atoms with E-state index in [0.717, 1.165) is 18.8 Å². The van der Waals surface area contributed by atoms with Gasteiger partial charge in [-0.15, -0.1) is 0 Å². The maximum absolute atomic E-state index is 12.1. The summed E-state index contributed by atoms with van der Waals surface area (Å²) >= 11 is 5.82. The minimum atomic E-state index is -0.181. The summed E-state index contributed by atoms with van der Waals surface area (Å²) in [6.45, 7) is 3.40. The van der Waals surface area contributed by atoms with Crippen LogP contribution in [0.4, 0.5) is 0 Å². The molecular weight excluding hydrogens is 344 g/mol. The summed E-state index contributed by atoms with van der Waals surface area (Å²) in [4.78, 5) is 14.4. The van der Waals surface area contributed by atoms with Gasteiger partial charge < -0.3 is 19.2 Å². The quantitative estimate of drug-likeness (QED) is 0.817. The van der Waals surface area contributed by atoms with E-state index >= 15 is 0 Å². The molecule has 0 spiro atoms. The molecular formula is C18H21ClN2O4. The first-order chi connectivity index (χ1) is 12.2. The van der Waals surface area contributed by atoms with Crippen LogP contribution in [-0.2, 0) is 9.53 Å². The van der Waals surface area contributed by atoms with Crippen molar-refractivity contribution in [2.24, 2.45) is 0 Å². The van der Waals surface area contributed by atoms with Crippen molar-refractivity contribution < 1.29 is 18.7 Å². The monoisotopic (exact) mass is 364 g/mol. The van der Waals surface area contributed by atoms with E-state index in [2.05, 4.69) is 10.2 Å². The van der Waals surface area contributed by atoms with Crippen molar-refractivity contribution in [3.8, 4) is 5.75 Å². The standard InChI is InChI=1S/C18H21ClN2O4/c19-14-3-5-15(6-4-14)25-13-18(22)20-12-16(17-2-1-9-24-17)21-7-10-23-11-8-21/h1-6,9,16H,7-8,10-13H2,(H,20,22)/t16-/m0/s1. The highest BCUT2D eigenvalue weighted by atomic mass is 35.5. The summed E-state index contributed by atoms with van der Waals surface area (Å²) in [7, 11) is 0. The Bertz CT molecular complexity index is 654. The van der Waals surface area contributed by atoms with Gasteiger partial charge in [-0.2, -0.15) is 0 Å². The van der Waals surface area contributed by atoms with Crippen molar-refractivity contribution in [1.82, 2.24) is 10.2 Å². The molecule has 0 saturated carbocycles. The number of carbonyl (C=O) groups excluding carboxylic acids is 1. The average Bonchev–Trinajstić information content (AvgIpc) is 3.17. The third-order valence-electron chi connectivity index (χ3n) is 4.03. The SMILES string of the molecule is O=C(COc1ccc(Cl)cc1)NC[C@@H](c1ccco1)N1CCOCC1. The molecule has 0 radical (unpaired) electrons. The van der Waals surface area contributed by atoms with Crippen molar-refractivity contribution in [2.45, 2.75) is 6.04 Å². The van der Waals surface area contributed by atoms with E-state index in [1.807, 2.05) is 12.1 Å². The Morgan fingerprint density at radius 2 is 2.00 bits per heavy atom. The summed E-state index contributed by atoms with van der Waals surface area (Å²) in [6, 6.07) is 10.7. The lowest BCUT2D eigenvalue weighted by atomic mass is 10.1. The number of nitrogens with zero attached hydrogens (tertiary/aromatic N) is 1. The summed E-state index contributed by atoms with van der Waals surface area (Å²) in [5.74, 6) is 1.26. The summed E-state index contributed by atoms with van der Waals surface area (Å²) in [5.41, 5.74) is 0. The zero-order valence-corrected chi connectivity index (χ0v) is 14.6. The van der Waals surface area contributed by atoms with Gasteiger partial charge in [0.1, 0.15) is 11.5 Å². The molecule has 1 atom stereocenters. The number of hydrogen-bond acceptors (Lipinski definition) is 5. The summed E-state index contributed by atoms with van der Waals surface area (Å²) < 4.78 is 16.4. The molecule has 1 aliphatic rings. The Balaban J connectivity index is 1.51. The van der Waals surface area contributed by atoms with Gasteiger partial charge in [0.05, 0.1) is 25.5 Å². The molecule has 1 amide bonds. The van der Waals surface area contributed by atoms with Gasteiger partial charge in [0.2, 0.25) is 0 Å². The molecule has 0 bridgehead atoms. The van der Waals surface area contributed by atoms with Crippen LogP contribution >= 0.6 is 11.6 Å². The van der Waals surface area contributed by atoms with Crippen LogP contribution in [0.5, 0.6) is 5.75 Å². The van der Waals surface area contributed by atoms with E-state index in [0.29, 0.717) is 30.5 Å². The average molecular weight is 365 g/mol. The van der Waals surface area contributed by atoms with Gasteiger partial charge in [-0.05, 0) is 36.4 Å². The van der Waals surface area contributed by atoms with Crippen LogP contribution in [0.15, 0.2) is 47.1 Å². The highest BCUT2D eigenvalue weighted by Gasteiger charge is 2.25. The molecule has 1 N–H and O–H groups in total. The van der Waals surface area contributed by atoms with E-state index in [4.69, 9.17) is 25.5 Å². The van der Waals surface area contributed by atoms with Crippen LogP contribution in [0.25, 0.3) is 0 Å². The Morgan fingerprint density at radius 3 is 2.68 bits per heavy atom. The highest BCUT2D eigenvalue weighted by molar-refractivity contribution is 6.30. The molecule has 25 heavy (non-hydrogen) atoms.